The molecule has 2 aromatic rings. The Morgan fingerprint density at radius 1 is 1.25 bits per heavy atom. The fraction of sp³-hybridized carbons (Fsp3) is 0.450. The largest absolute Gasteiger partial charge is 0.468 e. The van der Waals surface area contributed by atoms with E-state index in [1.165, 1.54) is 12.8 Å². The molecule has 1 unspecified atom stereocenters. The van der Waals surface area contributed by atoms with Gasteiger partial charge in [-0.2, -0.15) is 0 Å². The Balaban J connectivity index is 1.68. The number of aryl methyl sites for hydroxylation is 1. The van der Waals surface area contributed by atoms with Crippen LogP contribution in [0, 0.1) is 12.8 Å². The highest BCUT2D eigenvalue weighted by molar-refractivity contribution is 5.95. The smallest absolute Gasteiger partial charge is 0.251 e. The molecule has 2 heterocycles. The van der Waals surface area contributed by atoms with Gasteiger partial charge in [-0.3, -0.25) is 9.69 Å². The van der Waals surface area contributed by atoms with Gasteiger partial charge in [0.2, 0.25) is 0 Å². The molecule has 0 radical (unpaired) electrons. The maximum atomic E-state index is 12.5. The van der Waals surface area contributed by atoms with E-state index in [1.807, 2.05) is 43.3 Å². The lowest BCUT2D eigenvalue weighted by molar-refractivity contribution is 0.0895. The van der Waals surface area contributed by atoms with Crippen LogP contribution in [0.1, 0.15) is 47.5 Å². The standard InChI is InChI=1S/C20H26N2O2/c1-15-9-11-22(12-10-15)18(19-8-5-13-24-19)14-21-20(23)17-7-4-3-6-16(17)2/h3-8,13,15,18H,9-12,14H2,1-2H3,(H,21,23). The summed E-state index contributed by atoms with van der Waals surface area (Å²) in [5.74, 6) is 1.68. The first-order valence-electron chi connectivity index (χ1n) is 8.76. The molecule has 1 fully saturated rings. The van der Waals surface area contributed by atoms with E-state index >= 15 is 0 Å². The molecule has 1 aromatic carbocycles. The van der Waals surface area contributed by atoms with Crippen LogP contribution in [0.15, 0.2) is 47.1 Å². The second-order valence-corrected chi connectivity index (χ2v) is 6.77. The molecule has 0 spiro atoms. The van der Waals surface area contributed by atoms with Gasteiger partial charge in [-0.25, -0.2) is 0 Å². The molecule has 4 nitrogen and oxygen atoms in total. The summed E-state index contributed by atoms with van der Waals surface area (Å²) in [6, 6.07) is 11.7. The molecular weight excluding hydrogens is 300 g/mol. The van der Waals surface area contributed by atoms with Crippen LogP contribution >= 0.6 is 0 Å². The van der Waals surface area contributed by atoms with Gasteiger partial charge in [0.25, 0.3) is 5.91 Å². The van der Waals surface area contributed by atoms with Gasteiger partial charge >= 0.3 is 0 Å². The summed E-state index contributed by atoms with van der Waals surface area (Å²) in [7, 11) is 0. The Labute approximate surface area is 143 Å². The van der Waals surface area contributed by atoms with Gasteiger partial charge in [0.15, 0.2) is 0 Å². The summed E-state index contributed by atoms with van der Waals surface area (Å²) in [5.41, 5.74) is 1.74. The zero-order valence-electron chi connectivity index (χ0n) is 14.5. The Bertz CT molecular complexity index is 658. The molecule has 1 atom stereocenters. The lowest BCUT2D eigenvalue weighted by Crippen LogP contribution is -2.41. The molecule has 1 amide bonds. The number of nitrogens with zero attached hydrogens (tertiary/aromatic N) is 1. The van der Waals surface area contributed by atoms with Crippen molar-refractivity contribution in [3.8, 4) is 0 Å². The summed E-state index contributed by atoms with van der Waals surface area (Å²) in [6.07, 6.45) is 4.10. The van der Waals surface area contributed by atoms with Gasteiger partial charge in [-0.15, -0.1) is 0 Å². The van der Waals surface area contributed by atoms with Gasteiger partial charge in [0.1, 0.15) is 5.76 Å². The summed E-state index contributed by atoms with van der Waals surface area (Å²) >= 11 is 0. The van der Waals surface area contributed by atoms with E-state index in [0.29, 0.717) is 6.54 Å². The number of carbonyl (C=O) groups excluding carboxylic acids is 1. The SMILES string of the molecule is Cc1ccccc1C(=O)NCC(c1ccco1)N1CCC(C)CC1. The van der Waals surface area contributed by atoms with Crippen molar-refractivity contribution in [1.82, 2.24) is 10.2 Å². The normalized spacial score (nSPS) is 17.6. The molecule has 1 N–H and O–H groups in total. The van der Waals surface area contributed by atoms with E-state index in [0.717, 1.165) is 35.9 Å². The van der Waals surface area contributed by atoms with E-state index in [4.69, 9.17) is 4.42 Å². The Kier molecular flexibility index (Phi) is 5.36. The topological polar surface area (TPSA) is 45.5 Å². The third-order valence-corrected chi connectivity index (χ3v) is 4.98. The van der Waals surface area contributed by atoms with Gasteiger partial charge in [0, 0.05) is 12.1 Å². The first-order valence-corrected chi connectivity index (χ1v) is 8.76. The maximum Gasteiger partial charge on any atom is 0.251 e. The summed E-state index contributed by atoms with van der Waals surface area (Å²) in [4.78, 5) is 14.9. The van der Waals surface area contributed by atoms with Crippen LogP contribution in [0.25, 0.3) is 0 Å². The van der Waals surface area contributed by atoms with Crippen LogP contribution in [0.5, 0.6) is 0 Å². The number of likely N-dealkylation sites (tertiary alicyclic amines) is 1. The maximum absolute atomic E-state index is 12.5. The van der Waals surface area contributed by atoms with Crippen molar-refractivity contribution in [1.29, 1.82) is 0 Å². The third-order valence-electron chi connectivity index (χ3n) is 4.98. The second-order valence-electron chi connectivity index (χ2n) is 6.77. The average molecular weight is 326 g/mol. The van der Waals surface area contributed by atoms with Crippen molar-refractivity contribution in [3.05, 3.63) is 59.5 Å². The minimum atomic E-state index is -0.0185. The highest BCUT2D eigenvalue weighted by Gasteiger charge is 2.27. The molecule has 1 aliphatic heterocycles. The van der Waals surface area contributed by atoms with Crippen molar-refractivity contribution >= 4 is 5.91 Å². The fourth-order valence-electron chi connectivity index (χ4n) is 3.34. The Morgan fingerprint density at radius 3 is 2.67 bits per heavy atom. The lowest BCUT2D eigenvalue weighted by atomic mass is 9.97. The van der Waals surface area contributed by atoms with Crippen molar-refractivity contribution in [2.75, 3.05) is 19.6 Å². The molecule has 0 saturated carbocycles. The van der Waals surface area contributed by atoms with Crippen LogP contribution in [0.4, 0.5) is 0 Å². The lowest BCUT2D eigenvalue weighted by Gasteiger charge is -2.35. The number of hydrogen-bond donors (Lipinski definition) is 1. The Morgan fingerprint density at radius 2 is 2.00 bits per heavy atom. The molecule has 24 heavy (non-hydrogen) atoms. The van der Waals surface area contributed by atoms with E-state index in [1.54, 1.807) is 6.26 Å². The molecule has 0 aliphatic carbocycles. The quantitative estimate of drug-likeness (QED) is 0.909. The predicted octanol–water partition coefficient (Wildman–Crippen LogP) is 3.79. The highest BCUT2D eigenvalue weighted by Crippen LogP contribution is 2.26. The van der Waals surface area contributed by atoms with Crippen molar-refractivity contribution in [3.63, 3.8) is 0 Å². The van der Waals surface area contributed by atoms with E-state index in [-0.39, 0.29) is 11.9 Å². The zero-order chi connectivity index (χ0) is 16.9. The number of carbonyl (C=O) groups is 1. The minimum Gasteiger partial charge on any atom is -0.468 e. The van der Waals surface area contributed by atoms with E-state index in [2.05, 4.69) is 17.1 Å². The number of rotatable bonds is 5. The summed E-state index contributed by atoms with van der Waals surface area (Å²) in [5, 5.41) is 3.10. The van der Waals surface area contributed by atoms with Gasteiger partial charge in [0.05, 0.1) is 12.3 Å². The van der Waals surface area contributed by atoms with Crippen LogP contribution < -0.4 is 5.32 Å². The molecule has 0 bridgehead atoms. The molecule has 1 saturated heterocycles. The molecular formula is C20H26N2O2. The van der Waals surface area contributed by atoms with Crippen LogP contribution in [-0.4, -0.2) is 30.4 Å². The second kappa shape index (κ2) is 7.67. The number of amides is 1. The van der Waals surface area contributed by atoms with Crippen molar-refractivity contribution in [2.24, 2.45) is 5.92 Å². The third kappa shape index (κ3) is 3.88. The van der Waals surface area contributed by atoms with Gasteiger partial charge in [-0.05, 0) is 62.5 Å². The molecule has 1 aliphatic rings. The van der Waals surface area contributed by atoms with Gasteiger partial charge in [-0.1, -0.05) is 25.1 Å². The number of nitrogens with one attached hydrogen (secondary N) is 1. The Hall–Kier alpha value is -2.07. The minimum absolute atomic E-state index is 0.0185. The van der Waals surface area contributed by atoms with Gasteiger partial charge < -0.3 is 9.73 Å². The highest BCUT2D eigenvalue weighted by atomic mass is 16.3. The zero-order valence-corrected chi connectivity index (χ0v) is 14.5. The van der Waals surface area contributed by atoms with Crippen LogP contribution in [-0.2, 0) is 0 Å². The number of piperidine rings is 1. The van der Waals surface area contributed by atoms with Crippen molar-refractivity contribution in [2.45, 2.75) is 32.7 Å². The number of hydrogen-bond acceptors (Lipinski definition) is 3. The van der Waals surface area contributed by atoms with Crippen LogP contribution in [0.2, 0.25) is 0 Å². The summed E-state index contributed by atoms with van der Waals surface area (Å²) < 4.78 is 5.64. The van der Waals surface area contributed by atoms with E-state index < -0.39 is 0 Å². The summed E-state index contributed by atoms with van der Waals surface area (Å²) in [6.45, 7) is 6.93. The number of furan rings is 1. The monoisotopic (exact) mass is 326 g/mol. The average Bonchev–Trinajstić information content (AvgIpc) is 3.11. The number of benzene rings is 1. The van der Waals surface area contributed by atoms with Crippen molar-refractivity contribution < 1.29 is 9.21 Å². The molecule has 128 valence electrons. The van der Waals surface area contributed by atoms with E-state index in [9.17, 15) is 4.79 Å². The predicted molar refractivity (Wildman–Crippen MR) is 94.9 cm³/mol. The first kappa shape index (κ1) is 16.8. The molecule has 4 heteroatoms. The van der Waals surface area contributed by atoms with Crippen LogP contribution in [0.3, 0.4) is 0 Å². The fourth-order valence-corrected chi connectivity index (χ4v) is 3.34. The molecule has 1 aromatic heterocycles. The first-order chi connectivity index (χ1) is 11.6. The molecule has 3 rings (SSSR count).